The molecule has 4 heteroatoms. The maximum Gasteiger partial charge on any atom is 0.313 e. The summed E-state index contributed by atoms with van der Waals surface area (Å²) in [4.78, 5) is 12.6. The lowest BCUT2D eigenvalue weighted by Gasteiger charge is -2.35. The molecule has 0 spiro atoms. The molecule has 146 valence electrons. The number of esters is 1. The Labute approximate surface area is 164 Å². The summed E-state index contributed by atoms with van der Waals surface area (Å²) < 4.78 is 12.0. The molecule has 0 aromatic heterocycles. The van der Waals surface area contributed by atoms with E-state index in [4.69, 9.17) is 9.16 Å². The smallest absolute Gasteiger partial charge is 0.313 e. The molecule has 0 bridgehead atoms. The second-order valence-corrected chi connectivity index (χ2v) is 11.7. The lowest BCUT2D eigenvalue weighted by Crippen LogP contribution is -2.38. The third-order valence-corrected chi connectivity index (χ3v) is 10.3. The van der Waals surface area contributed by atoms with Crippen LogP contribution in [-0.4, -0.2) is 21.4 Å². The van der Waals surface area contributed by atoms with E-state index in [2.05, 4.69) is 32.9 Å². The van der Waals surface area contributed by atoms with E-state index in [0.29, 0.717) is 6.42 Å². The highest BCUT2D eigenvalue weighted by Crippen LogP contribution is 2.36. The molecule has 0 radical (unpaired) electrons. The number of ether oxygens (including phenoxy) is 1. The minimum atomic E-state index is -1.83. The molecule has 2 atom stereocenters. The first-order valence-corrected chi connectivity index (χ1v) is 12.5. The highest BCUT2D eigenvalue weighted by molar-refractivity contribution is 6.73. The Morgan fingerprint density at radius 3 is 1.78 bits per heavy atom. The highest BCUT2D eigenvalue weighted by atomic mass is 28.4. The monoisotopic (exact) mass is 384 g/mol. The van der Waals surface area contributed by atoms with Gasteiger partial charge in [-0.05, 0) is 35.7 Å². The molecule has 0 amide bonds. The summed E-state index contributed by atoms with van der Waals surface area (Å²) in [6.07, 6.45) is 0.483. The van der Waals surface area contributed by atoms with Crippen LogP contribution >= 0.6 is 0 Å². The summed E-state index contributed by atoms with van der Waals surface area (Å²) in [6, 6.07) is 23.4. The first kappa shape index (κ1) is 21.4. The summed E-state index contributed by atoms with van der Waals surface area (Å²) in [6.45, 7) is 6.70. The second-order valence-electron chi connectivity index (χ2n) is 6.98. The van der Waals surface area contributed by atoms with Gasteiger partial charge in [-0.2, -0.15) is 0 Å². The van der Waals surface area contributed by atoms with Gasteiger partial charge in [0, 0.05) is 0 Å². The number of methoxy groups -OCH3 is 1. The summed E-state index contributed by atoms with van der Waals surface area (Å²) in [7, 11) is -0.370. The van der Waals surface area contributed by atoms with E-state index in [1.54, 1.807) is 0 Å². The zero-order chi connectivity index (χ0) is 19.7. The number of benzene rings is 2. The van der Waals surface area contributed by atoms with Gasteiger partial charge in [0.25, 0.3) is 0 Å². The number of hydrogen-bond donors (Lipinski definition) is 0. The molecule has 0 saturated heterocycles. The predicted molar refractivity (Wildman–Crippen MR) is 113 cm³/mol. The molecule has 0 aliphatic rings. The third kappa shape index (κ3) is 5.53. The van der Waals surface area contributed by atoms with Gasteiger partial charge in [-0.15, -0.1) is 0 Å². The second kappa shape index (κ2) is 10.4. The van der Waals surface area contributed by atoms with Crippen molar-refractivity contribution in [3.05, 3.63) is 71.8 Å². The summed E-state index contributed by atoms with van der Waals surface area (Å²) in [5, 5.41) is 0. The van der Waals surface area contributed by atoms with Gasteiger partial charge in [0.15, 0.2) is 8.32 Å². The van der Waals surface area contributed by atoms with Crippen LogP contribution in [0.3, 0.4) is 0 Å². The summed E-state index contributed by atoms with van der Waals surface area (Å²) in [5.41, 5.74) is 2.11. The molecule has 3 nitrogen and oxygen atoms in total. The molecule has 2 unspecified atom stereocenters. The van der Waals surface area contributed by atoms with E-state index >= 15 is 0 Å². The fourth-order valence-electron chi connectivity index (χ4n) is 3.63. The van der Waals surface area contributed by atoms with Crippen LogP contribution in [0.15, 0.2) is 60.7 Å². The average Bonchev–Trinajstić information content (AvgIpc) is 2.75. The first-order chi connectivity index (χ1) is 13.1. The molecule has 2 aromatic carbocycles. The van der Waals surface area contributed by atoms with Crippen molar-refractivity contribution in [2.45, 2.75) is 57.3 Å². The SMILES string of the molecule is CC[Si](CC)(CC)OC(CC(C(=O)OC)c1ccccc1)c1ccccc1. The Balaban J connectivity index is 2.38. The molecule has 27 heavy (non-hydrogen) atoms. The van der Waals surface area contributed by atoms with Crippen LogP contribution in [0.5, 0.6) is 0 Å². The molecule has 0 N–H and O–H groups in total. The van der Waals surface area contributed by atoms with Crippen LogP contribution in [-0.2, 0) is 14.0 Å². The number of hydrogen-bond acceptors (Lipinski definition) is 3. The molecular weight excluding hydrogens is 352 g/mol. The summed E-state index contributed by atoms with van der Waals surface area (Å²) >= 11 is 0. The van der Waals surface area contributed by atoms with Gasteiger partial charge >= 0.3 is 5.97 Å². The Morgan fingerprint density at radius 1 is 0.852 bits per heavy atom. The number of rotatable bonds is 10. The summed E-state index contributed by atoms with van der Waals surface area (Å²) in [5.74, 6) is -0.541. The topological polar surface area (TPSA) is 35.5 Å². The van der Waals surface area contributed by atoms with Gasteiger partial charge in [0.1, 0.15) is 0 Å². The molecule has 0 heterocycles. The van der Waals surface area contributed by atoms with Crippen molar-refractivity contribution in [1.29, 1.82) is 0 Å². The highest BCUT2D eigenvalue weighted by Gasteiger charge is 2.35. The molecule has 2 aromatic rings. The van der Waals surface area contributed by atoms with Crippen LogP contribution in [0, 0.1) is 0 Å². The van der Waals surface area contributed by atoms with Crippen molar-refractivity contribution in [2.75, 3.05) is 7.11 Å². The Hall–Kier alpha value is -1.91. The van der Waals surface area contributed by atoms with E-state index in [-0.39, 0.29) is 18.0 Å². The maximum absolute atomic E-state index is 12.6. The Bertz CT molecular complexity index is 675. The van der Waals surface area contributed by atoms with Crippen molar-refractivity contribution >= 4 is 14.3 Å². The van der Waals surface area contributed by atoms with E-state index in [1.165, 1.54) is 7.11 Å². The minimum absolute atomic E-state index is 0.109. The van der Waals surface area contributed by atoms with Crippen molar-refractivity contribution in [1.82, 2.24) is 0 Å². The third-order valence-electron chi connectivity index (χ3n) is 5.63. The normalized spacial score (nSPS) is 13.8. The number of carbonyl (C=O) groups is 1. The van der Waals surface area contributed by atoms with Crippen LogP contribution in [0.4, 0.5) is 0 Å². The standard InChI is InChI=1S/C23H32O3Si/c1-5-27(6-2,7-3)26-22(20-16-12-9-13-17-20)18-21(23(24)25-4)19-14-10-8-11-15-19/h8-17,21-22H,5-7,18H2,1-4H3. The fraction of sp³-hybridized carbons (Fsp3) is 0.435. The quantitative estimate of drug-likeness (QED) is 0.367. The van der Waals surface area contributed by atoms with Gasteiger partial charge in [-0.25, -0.2) is 0 Å². The zero-order valence-corrected chi connectivity index (χ0v) is 18.0. The minimum Gasteiger partial charge on any atom is -0.469 e. The van der Waals surface area contributed by atoms with Gasteiger partial charge in [-0.3, -0.25) is 4.79 Å². The van der Waals surface area contributed by atoms with Crippen LogP contribution in [0.2, 0.25) is 18.1 Å². The molecular formula is C23H32O3Si. The zero-order valence-electron chi connectivity index (χ0n) is 17.0. The fourth-order valence-corrected chi connectivity index (χ4v) is 6.47. The van der Waals surface area contributed by atoms with E-state index in [9.17, 15) is 4.79 Å². The molecule has 0 aliphatic heterocycles. The Kier molecular flexibility index (Phi) is 8.26. The van der Waals surface area contributed by atoms with Crippen molar-refractivity contribution in [3.8, 4) is 0 Å². The van der Waals surface area contributed by atoms with Gasteiger partial charge < -0.3 is 9.16 Å². The lowest BCUT2D eigenvalue weighted by atomic mass is 9.91. The molecule has 0 saturated carbocycles. The number of carbonyl (C=O) groups excluding carboxylic acids is 1. The molecule has 0 fully saturated rings. The lowest BCUT2D eigenvalue weighted by molar-refractivity contribution is -0.143. The van der Waals surface area contributed by atoms with Crippen molar-refractivity contribution < 1.29 is 14.0 Å². The first-order valence-electron chi connectivity index (χ1n) is 9.94. The van der Waals surface area contributed by atoms with Crippen LogP contribution in [0.25, 0.3) is 0 Å². The Morgan fingerprint density at radius 2 is 1.33 bits per heavy atom. The average molecular weight is 385 g/mol. The van der Waals surface area contributed by atoms with Crippen molar-refractivity contribution in [3.63, 3.8) is 0 Å². The van der Waals surface area contributed by atoms with Gasteiger partial charge in [0.2, 0.25) is 0 Å². The molecule has 0 aliphatic carbocycles. The predicted octanol–water partition coefficient (Wildman–Crippen LogP) is 6.10. The van der Waals surface area contributed by atoms with Gasteiger partial charge in [-0.1, -0.05) is 81.4 Å². The molecule has 2 rings (SSSR count). The van der Waals surface area contributed by atoms with E-state index in [1.807, 2.05) is 48.5 Å². The van der Waals surface area contributed by atoms with Crippen LogP contribution in [0.1, 0.15) is 50.3 Å². The van der Waals surface area contributed by atoms with Crippen LogP contribution < -0.4 is 0 Å². The van der Waals surface area contributed by atoms with E-state index in [0.717, 1.165) is 29.3 Å². The largest absolute Gasteiger partial charge is 0.469 e. The van der Waals surface area contributed by atoms with Crippen molar-refractivity contribution in [2.24, 2.45) is 0 Å². The van der Waals surface area contributed by atoms with E-state index < -0.39 is 8.32 Å². The maximum atomic E-state index is 12.6. The van der Waals surface area contributed by atoms with Gasteiger partial charge in [0.05, 0.1) is 19.1 Å².